The van der Waals surface area contributed by atoms with Crippen molar-refractivity contribution in [3.8, 4) is 0 Å². The van der Waals surface area contributed by atoms with E-state index in [0.29, 0.717) is 12.0 Å². The summed E-state index contributed by atoms with van der Waals surface area (Å²) >= 11 is 0. The molecular weight excluding hydrogens is 320 g/mol. The molecule has 0 saturated heterocycles. The van der Waals surface area contributed by atoms with E-state index in [9.17, 15) is 20.0 Å². The third-order valence-corrected chi connectivity index (χ3v) is 3.94. The SMILES string of the molecule is CN(C(=O)/C=C/c1ccccc1[N+](=O)[O-])C(CCO)c1ccccc1. The molecule has 1 amide bonds. The van der Waals surface area contributed by atoms with Gasteiger partial charge in [0.05, 0.1) is 16.5 Å². The Hall–Kier alpha value is -2.99. The summed E-state index contributed by atoms with van der Waals surface area (Å²) in [5.41, 5.74) is 1.24. The number of hydrogen-bond donors (Lipinski definition) is 1. The van der Waals surface area contributed by atoms with Crippen molar-refractivity contribution >= 4 is 17.7 Å². The van der Waals surface area contributed by atoms with Crippen molar-refractivity contribution in [2.45, 2.75) is 12.5 Å². The number of aliphatic hydroxyl groups excluding tert-OH is 1. The minimum atomic E-state index is -0.480. The first kappa shape index (κ1) is 18.4. The topological polar surface area (TPSA) is 83.7 Å². The molecule has 0 radical (unpaired) electrons. The third-order valence-electron chi connectivity index (χ3n) is 3.94. The molecule has 0 bridgehead atoms. The fourth-order valence-electron chi connectivity index (χ4n) is 2.61. The van der Waals surface area contributed by atoms with E-state index in [1.54, 1.807) is 25.2 Å². The molecule has 2 aromatic rings. The number of aliphatic hydroxyl groups is 1. The van der Waals surface area contributed by atoms with Gasteiger partial charge in [0.15, 0.2) is 0 Å². The van der Waals surface area contributed by atoms with Crippen LogP contribution in [0.25, 0.3) is 6.08 Å². The van der Waals surface area contributed by atoms with E-state index in [4.69, 9.17) is 0 Å². The highest BCUT2D eigenvalue weighted by Gasteiger charge is 2.20. The second-order valence-corrected chi connectivity index (χ2v) is 5.54. The summed E-state index contributed by atoms with van der Waals surface area (Å²) in [6, 6.07) is 15.4. The van der Waals surface area contributed by atoms with E-state index < -0.39 is 4.92 Å². The van der Waals surface area contributed by atoms with Gasteiger partial charge in [-0.1, -0.05) is 42.5 Å². The number of para-hydroxylation sites is 1. The Balaban J connectivity index is 2.20. The van der Waals surface area contributed by atoms with Crippen LogP contribution in [-0.2, 0) is 4.79 Å². The summed E-state index contributed by atoms with van der Waals surface area (Å²) in [5, 5.41) is 20.3. The van der Waals surface area contributed by atoms with Crippen LogP contribution in [0.5, 0.6) is 0 Å². The summed E-state index contributed by atoms with van der Waals surface area (Å²) < 4.78 is 0. The first-order chi connectivity index (χ1) is 12.0. The van der Waals surface area contributed by atoms with Crippen molar-refractivity contribution in [2.75, 3.05) is 13.7 Å². The van der Waals surface area contributed by atoms with Crippen LogP contribution in [0.3, 0.4) is 0 Å². The molecule has 0 aliphatic rings. The summed E-state index contributed by atoms with van der Waals surface area (Å²) in [6.45, 7) is -0.0505. The van der Waals surface area contributed by atoms with Crippen LogP contribution in [-0.4, -0.2) is 34.5 Å². The number of amides is 1. The lowest BCUT2D eigenvalue weighted by atomic mass is 10.0. The van der Waals surface area contributed by atoms with Crippen molar-refractivity contribution in [3.63, 3.8) is 0 Å². The molecule has 130 valence electrons. The molecule has 25 heavy (non-hydrogen) atoms. The first-order valence-corrected chi connectivity index (χ1v) is 7.88. The van der Waals surface area contributed by atoms with Gasteiger partial charge in [-0.25, -0.2) is 0 Å². The number of rotatable bonds is 7. The summed E-state index contributed by atoms with van der Waals surface area (Å²) in [7, 11) is 1.65. The average molecular weight is 340 g/mol. The normalized spacial score (nSPS) is 12.1. The van der Waals surface area contributed by atoms with Gasteiger partial charge in [0.1, 0.15) is 0 Å². The molecule has 2 aromatic carbocycles. The predicted molar refractivity (Wildman–Crippen MR) is 95.8 cm³/mol. The van der Waals surface area contributed by atoms with E-state index >= 15 is 0 Å². The van der Waals surface area contributed by atoms with Crippen molar-refractivity contribution in [3.05, 3.63) is 81.9 Å². The number of nitro benzene ring substituents is 1. The Labute approximate surface area is 146 Å². The third kappa shape index (κ3) is 4.74. The van der Waals surface area contributed by atoms with E-state index in [-0.39, 0.29) is 24.2 Å². The maximum Gasteiger partial charge on any atom is 0.276 e. The van der Waals surface area contributed by atoms with Crippen LogP contribution in [0.1, 0.15) is 23.6 Å². The van der Waals surface area contributed by atoms with Crippen LogP contribution in [0.2, 0.25) is 0 Å². The maximum atomic E-state index is 12.5. The Morgan fingerprint density at radius 1 is 1.20 bits per heavy atom. The molecule has 6 heteroatoms. The van der Waals surface area contributed by atoms with Gasteiger partial charge in [0, 0.05) is 25.8 Å². The molecule has 0 fully saturated rings. The Bertz CT molecular complexity index is 759. The van der Waals surface area contributed by atoms with Crippen molar-refractivity contribution in [1.82, 2.24) is 4.90 Å². The van der Waals surface area contributed by atoms with Crippen LogP contribution >= 0.6 is 0 Å². The molecule has 0 aliphatic carbocycles. The lowest BCUT2D eigenvalue weighted by Crippen LogP contribution is -2.30. The second-order valence-electron chi connectivity index (χ2n) is 5.54. The lowest BCUT2D eigenvalue weighted by Gasteiger charge is -2.27. The van der Waals surface area contributed by atoms with E-state index in [2.05, 4.69) is 0 Å². The number of carbonyl (C=O) groups is 1. The zero-order valence-electron chi connectivity index (χ0n) is 13.9. The van der Waals surface area contributed by atoms with E-state index in [1.165, 1.54) is 23.1 Å². The average Bonchev–Trinajstić information content (AvgIpc) is 2.64. The molecule has 0 spiro atoms. The number of carbonyl (C=O) groups excluding carboxylic acids is 1. The van der Waals surface area contributed by atoms with E-state index in [1.807, 2.05) is 30.3 Å². The molecule has 6 nitrogen and oxygen atoms in total. The smallest absolute Gasteiger partial charge is 0.276 e. The van der Waals surface area contributed by atoms with Gasteiger partial charge in [-0.15, -0.1) is 0 Å². The van der Waals surface area contributed by atoms with Crippen molar-refractivity contribution in [2.24, 2.45) is 0 Å². The molecule has 1 atom stereocenters. The van der Waals surface area contributed by atoms with Gasteiger partial charge in [0.25, 0.3) is 5.69 Å². The highest BCUT2D eigenvalue weighted by molar-refractivity contribution is 5.92. The van der Waals surface area contributed by atoms with Crippen molar-refractivity contribution in [1.29, 1.82) is 0 Å². The van der Waals surface area contributed by atoms with Crippen LogP contribution < -0.4 is 0 Å². The fraction of sp³-hybridized carbons (Fsp3) is 0.211. The highest BCUT2D eigenvalue weighted by Crippen LogP contribution is 2.24. The molecule has 0 saturated carbocycles. The molecule has 2 rings (SSSR count). The molecule has 0 heterocycles. The van der Waals surface area contributed by atoms with Gasteiger partial charge < -0.3 is 10.0 Å². The number of benzene rings is 2. The van der Waals surface area contributed by atoms with Crippen molar-refractivity contribution < 1.29 is 14.8 Å². The minimum absolute atomic E-state index is 0.0505. The van der Waals surface area contributed by atoms with E-state index in [0.717, 1.165) is 5.56 Å². The van der Waals surface area contributed by atoms with Crippen LogP contribution in [0.4, 0.5) is 5.69 Å². The summed E-state index contributed by atoms with van der Waals surface area (Å²) in [4.78, 5) is 24.5. The monoisotopic (exact) mass is 340 g/mol. The number of likely N-dealkylation sites (N-methyl/N-ethyl adjacent to an activating group) is 1. The number of hydrogen-bond acceptors (Lipinski definition) is 4. The molecule has 1 unspecified atom stereocenters. The molecule has 0 aromatic heterocycles. The standard InChI is InChI=1S/C19H20N2O4/c1-20(17(13-14-22)15-7-3-2-4-8-15)19(23)12-11-16-9-5-6-10-18(16)21(24)25/h2-12,17,22H,13-14H2,1H3/b12-11+. The Kier molecular flexibility index (Phi) is 6.42. The van der Waals surface area contributed by atoms with Gasteiger partial charge in [-0.2, -0.15) is 0 Å². The minimum Gasteiger partial charge on any atom is -0.396 e. The van der Waals surface area contributed by atoms with Gasteiger partial charge in [0.2, 0.25) is 5.91 Å². The van der Waals surface area contributed by atoms with Crippen LogP contribution in [0.15, 0.2) is 60.7 Å². The van der Waals surface area contributed by atoms with Gasteiger partial charge >= 0.3 is 0 Å². The zero-order chi connectivity index (χ0) is 18.2. The quantitative estimate of drug-likeness (QED) is 0.477. The zero-order valence-corrected chi connectivity index (χ0v) is 13.9. The Morgan fingerprint density at radius 2 is 1.84 bits per heavy atom. The first-order valence-electron chi connectivity index (χ1n) is 7.88. The van der Waals surface area contributed by atoms with Crippen LogP contribution in [0, 0.1) is 10.1 Å². The lowest BCUT2D eigenvalue weighted by molar-refractivity contribution is -0.385. The highest BCUT2D eigenvalue weighted by atomic mass is 16.6. The fourth-order valence-corrected chi connectivity index (χ4v) is 2.61. The number of nitrogens with zero attached hydrogens (tertiary/aromatic N) is 2. The summed E-state index contributed by atoms with van der Waals surface area (Å²) in [6.07, 6.45) is 3.17. The molecule has 0 aliphatic heterocycles. The Morgan fingerprint density at radius 3 is 2.48 bits per heavy atom. The maximum absolute atomic E-state index is 12.5. The second kappa shape index (κ2) is 8.75. The molecular formula is C19H20N2O4. The molecule has 1 N–H and O–H groups in total. The summed E-state index contributed by atoms with van der Waals surface area (Å²) in [5.74, 6) is -0.291. The van der Waals surface area contributed by atoms with Gasteiger partial charge in [-0.05, 0) is 24.1 Å². The van der Waals surface area contributed by atoms with Gasteiger partial charge in [-0.3, -0.25) is 14.9 Å². The predicted octanol–water partition coefficient (Wildman–Crippen LogP) is 3.19. The number of nitro groups is 1. The largest absolute Gasteiger partial charge is 0.396 e.